The van der Waals surface area contributed by atoms with Crippen molar-refractivity contribution >= 4 is 23.2 Å². The lowest BCUT2D eigenvalue weighted by Gasteiger charge is -2.14. The van der Waals surface area contributed by atoms with Crippen LogP contribution in [0.3, 0.4) is 0 Å². The van der Waals surface area contributed by atoms with Crippen molar-refractivity contribution in [3.05, 3.63) is 47.0 Å². The second kappa shape index (κ2) is 10.6. The zero-order valence-electron chi connectivity index (χ0n) is 15.8. The van der Waals surface area contributed by atoms with E-state index >= 15 is 0 Å². The van der Waals surface area contributed by atoms with Gasteiger partial charge >= 0.3 is 0 Å². The zero-order valence-corrected chi connectivity index (χ0v) is 16.6. The van der Waals surface area contributed by atoms with Crippen molar-refractivity contribution in [2.75, 3.05) is 39.7 Å². The molecule has 0 spiro atoms. The molecule has 0 aliphatic heterocycles. The highest BCUT2D eigenvalue weighted by molar-refractivity contribution is 6.30. The van der Waals surface area contributed by atoms with Gasteiger partial charge in [0.05, 0.1) is 21.3 Å². The Kier molecular flexibility index (Phi) is 8.23. The van der Waals surface area contributed by atoms with Crippen LogP contribution in [0.25, 0.3) is 0 Å². The van der Waals surface area contributed by atoms with Crippen molar-refractivity contribution in [2.45, 2.75) is 12.8 Å². The number of halogens is 1. The van der Waals surface area contributed by atoms with Crippen LogP contribution in [0.1, 0.15) is 12.0 Å². The van der Waals surface area contributed by atoms with Gasteiger partial charge in [-0.3, -0.25) is 4.79 Å². The number of hydrogen-bond acceptors (Lipinski definition) is 5. The Morgan fingerprint density at radius 2 is 1.70 bits per heavy atom. The first-order chi connectivity index (χ1) is 13.1. The molecule has 2 rings (SSSR count). The predicted octanol–water partition coefficient (Wildman–Crippen LogP) is 3.53. The van der Waals surface area contributed by atoms with Crippen LogP contribution in [0.2, 0.25) is 5.02 Å². The fraction of sp³-hybridized carbons (Fsp3) is 0.350. The van der Waals surface area contributed by atoms with Gasteiger partial charge in [0.15, 0.2) is 11.5 Å². The Balaban J connectivity index is 1.80. The van der Waals surface area contributed by atoms with Gasteiger partial charge < -0.3 is 24.8 Å². The molecule has 0 radical (unpaired) electrons. The van der Waals surface area contributed by atoms with Crippen molar-refractivity contribution in [1.82, 2.24) is 5.32 Å². The summed E-state index contributed by atoms with van der Waals surface area (Å²) in [5.41, 5.74) is 1.75. The number of ether oxygens (including phenoxy) is 3. The second-order valence-corrected chi connectivity index (χ2v) is 6.28. The molecular weight excluding hydrogens is 368 g/mol. The largest absolute Gasteiger partial charge is 0.493 e. The van der Waals surface area contributed by atoms with Crippen LogP contribution in [0.4, 0.5) is 5.69 Å². The van der Waals surface area contributed by atoms with Gasteiger partial charge in [0, 0.05) is 35.8 Å². The standard InChI is InChI=1S/C20H25ClN2O4/c1-25-17-12-16(13-18(26-2)20(17)27-3)23-19(24)8-10-22-9-7-14-5-4-6-15(21)11-14/h4-6,11-13,22H,7-10H2,1-3H3,(H,23,24). The molecule has 0 aliphatic rings. The number of rotatable bonds is 10. The van der Waals surface area contributed by atoms with Gasteiger partial charge in [-0.1, -0.05) is 23.7 Å². The topological polar surface area (TPSA) is 68.8 Å². The number of anilines is 1. The summed E-state index contributed by atoms with van der Waals surface area (Å²) in [5, 5.41) is 6.84. The summed E-state index contributed by atoms with van der Waals surface area (Å²) < 4.78 is 15.8. The highest BCUT2D eigenvalue weighted by Gasteiger charge is 2.14. The SMILES string of the molecule is COc1cc(NC(=O)CCNCCc2cccc(Cl)c2)cc(OC)c1OC. The van der Waals surface area contributed by atoms with E-state index in [1.54, 1.807) is 12.1 Å². The lowest BCUT2D eigenvalue weighted by molar-refractivity contribution is -0.116. The molecule has 1 amide bonds. The summed E-state index contributed by atoms with van der Waals surface area (Å²) in [6.07, 6.45) is 1.21. The van der Waals surface area contributed by atoms with Gasteiger partial charge in [-0.05, 0) is 30.7 Å². The third kappa shape index (κ3) is 6.34. The van der Waals surface area contributed by atoms with E-state index in [1.165, 1.54) is 21.3 Å². The van der Waals surface area contributed by atoms with Crippen molar-refractivity contribution in [3.63, 3.8) is 0 Å². The molecule has 0 atom stereocenters. The van der Waals surface area contributed by atoms with Crippen LogP contribution < -0.4 is 24.8 Å². The Labute approximate surface area is 164 Å². The van der Waals surface area contributed by atoms with E-state index in [0.717, 1.165) is 23.6 Å². The molecule has 2 N–H and O–H groups in total. The number of nitrogens with one attached hydrogen (secondary N) is 2. The van der Waals surface area contributed by atoms with E-state index in [4.69, 9.17) is 25.8 Å². The molecule has 6 nitrogen and oxygen atoms in total. The number of carbonyl (C=O) groups is 1. The minimum atomic E-state index is -0.0977. The number of methoxy groups -OCH3 is 3. The van der Waals surface area contributed by atoms with Gasteiger partial charge in [-0.25, -0.2) is 0 Å². The minimum Gasteiger partial charge on any atom is -0.493 e. The Bertz CT molecular complexity index is 742. The molecule has 0 aromatic heterocycles. The van der Waals surface area contributed by atoms with Gasteiger partial charge in [-0.2, -0.15) is 0 Å². The number of benzene rings is 2. The lowest BCUT2D eigenvalue weighted by atomic mass is 10.1. The lowest BCUT2D eigenvalue weighted by Crippen LogP contribution is -2.23. The maximum absolute atomic E-state index is 12.2. The van der Waals surface area contributed by atoms with Crippen LogP contribution in [0, 0.1) is 0 Å². The van der Waals surface area contributed by atoms with Crippen molar-refractivity contribution in [2.24, 2.45) is 0 Å². The van der Waals surface area contributed by atoms with Crippen molar-refractivity contribution in [1.29, 1.82) is 0 Å². The van der Waals surface area contributed by atoms with Crippen molar-refractivity contribution in [3.8, 4) is 17.2 Å². The molecular formula is C20H25ClN2O4. The monoisotopic (exact) mass is 392 g/mol. The molecule has 0 saturated carbocycles. The maximum Gasteiger partial charge on any atom is 0.225 e. The first-order valence-electron chi connectivity index (χ1n) is 8.62. The van der Waals surface area contributed by atoms with Gasteiger partial charge in [0.2, 0.25) is 11.7 Å². The summed E-state index contributed by atoms with van der Waals surface area (Å²) in [6, 6.07) is 11.2. The molecule has 2 aromatic carbocycles. The zero-order chi connectivity index (χ0) is 19.6. The van der Waals surface area contributed by atoms with E-state index in [9.17, 15) is 4.79 Å². The average Bonchev–Trinajstić information content (AvgIpc) is 2.66. The van der Waals surface area contributed by atoms with Crippen molar-refractivity contribution < 1.29 is 19.0 Å². The average molecular weight is 393 g/mol. The van der Waals surface area contributed by atoms with Crippen LogP contribution in [-0.4, -0.2) is 40.3 Å². The van der Waals surface area contributed by atoms with Gasteiger partial charge in [-0.15, -0.1) is 0 Å². The van der Waals surface area contributed by atoms with Gasteiger partial charge in [0.25, 0.3) is 0 Å². The van der Waals surface area contributed by atoms with Crippen LogP contribution >= 0.6 is 11.6 Å². The number of carbonyl (C=O) groups excluding carboxylic acids is 1. The molecule has 0 unspecified atom stereocenters. The summed E-state index contributed by atoms with van der Waals surface area (Å²) in [4.78, 5) is 12.2. The van der Waals surface area contributed by atoms with E-state index in [2.05, 4.69) is 10.6 Å². The van der Waals surface area contributed by atoms with Gasteiger partial charge in [0.1, 0.15) is 0 Å². The molecule has 0 saturated heterocycles. The highest BCUT2D eigenvalue weighted by Crippen LogP contribution is 2.39. The molecule has 27 heavy (non-hydrogen) atoms. The summed E-state index contributed by atoms with van der Waals surface area (Å²) in [6.45, 7) is 1.36. The van der Waals surface area contributed by atoms with Crippen LogP contribution in [0.15, 0.2) is 36.4 Å². The van der Waals surface area contributed by atoms with E-state index < -0.39 is 0 Å². The molecule has 0 heterocycles. The third-order valence-electron chi connectivity index (χ3n) is 3.96. The quantitative estimate of drug-likeness (QED) is 0.605. The normalized spacial score (nSPS) is 10.4. The maximum atomic E-state index is 12.2. The molecule has 0 bridgehead atoms. The molecule has 2 aromatic rings. The van der Waals surface area contributed by atoms with E-state index in [-0.39, 0.29) is 5.91 Å². The molecule has 146 valence electrons. The Morgan fingerprint density at radius 1 is 1.00 bits per heavy atom. The fourth-order valence-electron chi connectivity index (χ4n) is 2.63. The van der Waals surface area contributed by atoms with Crippen LogP contribution in [-0.2, 0) is 11.2 Å². The van der Waals surface area contributed by atoms with Crippen LogP contribution in [0.5, 0.6) is 17.2 Å². The molecule has 7 heteroatoms. The first kappa shape index (κ1) is 20.9. The fourth-order valence-corrected chi connectivity index (χ4v) is 2.84. The Hall–Kier alpha value is -2.44. The third-order valence-corrected chi connectivity index (χ3v) is 4.19. The summed E-state index contributed by atoms with van der Waals surface area (Å²) >= 11 is 5.97. The van der Waals surface area contributed by atoms with E-state index in [0.29, 0.717) is 35.9 Å². The number of hydrogen-bond donors (Lipinski definition) is 2. The Morgan fingerprint density at radius 3 is 2.30 bits per heavy atom. The smallest absolute Gasteiger partial charge is 0.225 e. The minimum absolute atomic E-state index is 0.0977. The predicted molar refractivity (Wildman–Crippen MR) is 107 cm³/mol. The summed E-state index contributed by atoms with van der Waals surface area (Å²) in [5.74, 6) is 1.37. The number of amides is 1. The molecule has 0 aliphatic carbocycles. The first-order valence-corrected chi connectivity index (χ1v) is 9.00. The van der Waals surface area contributed by atoms with E-state index in [1.807, 2.05) is 24.3 Å². The summed E-state index contributed by atoms with van der Waals surface area (Å²) in [7, 11) is 4.60. The highest BCUT2D eigenvalue weighted by atomic mass is 35.5. The second-order valence-electron chi connectivity index (χ2n) is 5.84. The molecule has 0 fully saturated rings.